The van der Waals surface area contributed by atoms with E-state index in [1.165, 1.54) is 5.56 Å². The molecule has 0 aromatic heterocycles. The molecular formula is C13H16N2O. The van der Waals surface area contributed by atoms with Gasteiger partial charge in [-0.05, 0) is 31.0 Å². The first-order chi connectivity index (χ1) is 7.86. The zero-order valence-corrected chi connectivity index (χ0v) is 9.28. The van der Waals surface area contributed by atoms with Crippen LogP contribution >= 0.6 is 0 Å². The highest BCUT2D eigenvalue weighted by Crippen LogP contribution is 2.31. The first-order valence-corrected chi connectivity index (χ1v) is 5.97. The lowest BCUT2D eigenvalue weighted by Gasteiger charge is -2.32. The Kier molecular flexibility index (Phi) is 2.40. The molecule has 0 aliphatic carbocycles. The number of anilines is 1. The molecule has 1 saturated heterocycles. The van der Waals surface area contributed by atoms with Gasteiger partial charge in [0.25, 0.3) is 0 Å². The maximum Gasteiger partial charge on any atom is 0.231 e. The first-order valence-electron chi connectivity index (χ1n) is 5.97. The van der Waals surface area contributed by atoms with Gasteiger partial charge in [-0.2, -0.15) is 0 Å². The Morgan fingerprint density at radius 1 is 1.31 bits per heavy atom. The van der Waals surface area contributed by atoms with Gasteiger partial charge in [0.1, 0.15) is 0 Å². The Labute approximate surface area is 95.4 Å². The molecule has 0 radical (unpaired) electrons. The molecule has 0 saturated carbocycles. The van der Waals surface area contributed by atoms with Gasteiger partial charge in [-0.25, -0.2) is 0 Å². The summed E-state index contributed by atoms with van der Waals surface area (Å²) in [6, 6.07) is 8.50. The fourth-order valence-corrected chi connectivity index (χ4v) is 2.73. The van der Waals surface area contributed by atoms with Gasteiger partial charge < -0.3 is 10.2 Å². The molecule has 84 valence electrons. The van der Waals surface area contributed by atoms with Crippen molar-refractivity contribution in [2.24, 2.45) is 0 Å². The van der Waals surface area contributed by atoms with Crippen LogP contribution in [0.15, 0.2) is 24.3 Å². The molecule has 2 aliphatic heterocycles. The fraction of sp³-hybridized carbons (Fsp3) is 0.462. The Hall–Kier alpha value is -1.35. The van der Waals surface area contributed by atoms with E-state index in [0.29, 0.717) is 12.5 Å². The summed E-state index contributed by atoms with van der Waals surface area (Å²) in [6.07, 6.45) is 2.86. The van der Waals surface area contributed by atoms with Crippen LogP contribution in [0.2, 0.25) is 0 Å². The standard InChI is InChI=1S/C13H16N2O/c16-13-8-10-4-1-2-6-12(10)15(13)11-5-3-7-14-9-11/h1-2,4,6,11,14H,3,5,7-9H2. The number of hydrogen-bond acceptors (Lipinski definition) is 2. The first kappa shape index (κ1) is 9.85. The molecule has 16 heavy (non-hydrogen) atoms. The van der Waals surface area contributed by atoms with Crippen molar-refractivity contribution in [3.05, 3.63) is 29.8 Å². The molecule has 1 amide bonds. The number of nitrogens with zero attached hydrogens (tertiary/aromatic N) is 1. The molecule has 1 aromatic rings. The van der Waals surface area contributed by atoms with E-state index in [1.54, 1.807) is 0 Å². The van der Waals surface area contributed by atoms with Crippen LogP contribution in [0.1, 0.15) is 18.4 Å². The molecule has 0 spiro atoms. The molecule has 3 nitrogen and oxygen atoms in total. The number of amides is 1. The number of benzene rings is 1. The van der Waals surface area contributed by atoms with E-state index in [2.05, 4.69) is 17.4 Å². The van der Waals surface area contributed by atoms with Gasteiger partial charge in [0.15, 0.2) is 0 Å². The van der Waals surface area contributed by atoms with Crippen molar-refractivity contribution >= 4 is 11.6 Å². The Balaban J connectivity index is 1.92. The molecule has 1 unspecified atom stereocenters. The minimum atomic E-state index is 0.259. The van der Waals surface area contributed by atoms with E-state index < -0.39 is 0 Å². The topological polar surface area (TPSA) is 32.3 Å². The average molecular weight is 216 g/mol. The molecule has 1 fully saturated rings. The highest BCUT2D eigenvalue weighted by atomic mass is 16.2. The summed E-state index contributed by atoms with van der Waals surface area (Å²) in [5.41, 5.74) is 2.30. The number of carbonyl (C=O) groups excluding carboxylic acids is 1. The average Bonchev–Trinajstić information content (AvgIpc) is 2.66. The van der Waals surface area contributed by atoms with Crippen molar-refractivity contribution in [3.63, 3.8) is 0 Å². The molecular weight excluding hydrogens is 200 g/mol. The molecule has 3 rings (SSSR count). The SMILES string of the molecule is O=C1Cc2ccccc2N1C1CCCNC1. The fourth-order valence-electron chi connectivity index (χ4n) is 2.73. The number of piperidine rings is 1. The molecule has 2 aliphatic rings. The smallest absolute Gasteiger partial charge is 0.231 e. The van der Waals surface area contributed by atoms with Crippen molar-refractivity contribution < 1.29 is 4.79 Å². The third-order valence-corrected chi connectivity index (χ3v) is 3.50. The molecule has 1 aromatic carbocycles. The van der Waals surface area contributed by atoms with Crippen molar-refractivity contribution in [1.29, 1.82) is 0 Å². The third kappa shape index (κ3) is 1.52. The van der Waals surface area contributed by atoms with Crippen molar-refractivity contribution in [3.8, 4) is 0 Å². The van der Waals surface area contributed by atoms with Crippen molar-refractivity contribution in [2.75, 3.05) is 18.0 Å². The normalized spacial score (nSPS) is 24.6. The summed E-state index contributed by atoms with van der Waals surface area (Å²) in [5, 5.41) is 3.37. The van der Waals surface area contributed by atoms with Crippen LogP contribution in [0, 0.1) is 0 Å². The van der Waals surface area contributed by atoms with Crippen LogP contribution in [0.25, 0.3) is 0 Å². The van der Waals surface area contributed by atoms with Crippen LogP contribution in [0.4, 0.5) is 5.69 Å². The van der Waals surface area contributed by atoms with Gasteiger partial charge in [-0.15, -0.1) is 0 Å². The van der Waals surface area contributed by atoms with Crippen LogP contribution in [0.5, 0.6) is 0 Å². The Bertz CT molecular complexity index is 410. The molecule has 3 heteroatoms. The summed E-state index contributed by atoms with van der Waals surface area (Å²) in [7, 11) is 0. The lowest BCUT2D eigenvalue weighted by Crippen LogP contribution is -2.47. The van der Waals surface area contributed by atoms with Gasteiger partial charge in [0, 0.05) is 18.3 Å². The highest BCUT2D eigenvalue weighted by Gasteiger charge is 2.33. The van der Waals surface area contributed by atoms with E-state index in [1.807, 2.05) is 17.0 Å². The lowest BCUT2D eigenvalue weighted by molar-refractivity contribution is -0.117. The number of para-hydroxylation sites is 1. The summed E-state index contributed by atoms with van der Waals surface area (Å²) in [5.74, 6) is 0.259. The molecule has 2 heterocycles. The summed E-state index contributed by atoms with van der Waals surface area (Å²) < 4.78 is 0. The van der Waals surface area contributed by atoms with Gasteiger partial charge >= 0.3 is 0 Å². The van der Waals surface area contributed by atoms with E-state index >= 15 is 0 Å². The zero-order valence-electron chi connectivity index (χ0n) is 9.28. The number of carbonyl (C=O) groups is 1. The predicted molar refractivity (Wildman–Crippen MR) is 63.5 cm³/mol. The van der Waals surface area contributed by atoms with Crippen LogP contribution < -0.4 is 10.2 Å². The third-order valence-electron chi connectivity index (χ3n) is 3.50. The minimum Gasteiger partial charge on any atom is -0.315 e. The predicted octanol–water partition coefficient (Wildman–Crippen LogP) is 1.33. The number of nitrogens with one attached hydrogen (secondary N) is 1. The summed E-state index contributed by atoms with van der Waals surface area (Å²) in [4.78, 5) is 14.0. The van der Waals surface area contributed by atoms with Crippen LogP contribution in [0.3, 0.4) is 0 Å². The van der Waals surface area contributed by atoms with E-state index in [4.69, 9.17) is 0 Å². The second-order valence-electron chi connectivity index (χ2n) is 4.57. The van der Waals surface area contributed by atoms with Gasteiger partial charge in [-0.1, -0.05) is 18.2 Å². The van der Waals surface area contributed by atoms with E-state index in [9.17, 15) is 4.79 Å². The van der Waals surface area contributed by atoms with Crippen LogP contribution in [-0.4, -0.2) is 25.0 Å². The number of fused-ring (bicyclic) bond motifs is 1. The van der Waals surface area contributed by atoms with Gasteiger partial charge in [0.05, 0.1) is 6.42 Å². The Morgan fingerprint density at radius 3 is 3.00 bits per heavy atom. The van der Waals surface area contributed by atoms with Gasteiger partial charge in [0.2, 0.25) is 5.91 Å². The molecule has 1 N–H and O–H groups in total. The number of hydrogen-bond donors (Lipinski definition) is 1. The second kappa shape index (κ2) is 3.91. The maximum absolute atomic E-state index is 12.0. The lowest BCUT2D eigenvalue weighted by atomic mass is 10.1. The van der Waals surface area contributed by atoms with Crippen LogP contribution in [-0.2, 0) is 11.2 Å². The monoisotopic (exact) mass is 216 g/mol. The largest absolute Gasteiger partial charge is 0.315 e. The number of rotatable bonds is 1. The Morgan fingerprint density at radius 2 is 2.19 bits per heavy atom. The highest BCUT2D eigenvalue weighted by molar-refractivity contribution is 6.01. The van der Waals surface area contributed by atoms with E-state index in [-0.39, 0.29) is 5.91 Å². The minimum absolute atomic E-state index is 0.259. The maximum atomic E-state index is 12.0. The second-order valence-corrected chi connectivity index (χ2v) is 4.57. The molecule has 0 bridgehead atoms. The summed E-state index contributed by atoms with van der Waals surface area (Å²) >= 11 is 0. The van der Waals surface area contributed by atoms with Crippen molar-refractivity contribution in [1.82, 2.24) is 5.32 Å². The van der Waals surface area contributed by atoms with Gasteiger partial charge in [-0.3, -0.25) is 4.79 Å². The molecule has 1 atom stereocenters. The summed E-state index contributed by atoms with van der Waals surface area (Å²) in [6.45, 7) is 2.01. The zero-order chi connectivity index (χ0) is 11.0. The van der Waals surface area contributed by atoms with E-state index in [0.717, 1.165) is 31.6 Å². The quantitative estimate of drug-likeness (QED) is 0.768. The van der Waals surface area contributed by atoms with Crippen molar-refractivity contribution in [2.45, 2.75) is 25.3 Å².